The standard InChI is InChI=1S/C10H17NO2S2/c1-7(2)14-6-8-5-9(12)11(10(8)13)15(3)4/h7-8H,3,5-6H2,1-2,4H3. The van der Waals surface area contributed by atoms with Crippen molar-refractivity contribution in [3.05, 3.63) is 0 Å². The summed E-state index contributed by atoms with van der Waals surface area (Å²) in [4.78, 5) is 23.4. The molecule has 0 aliphatic carbocycles. The van der Waals surface area contributed by atoms with E-state index in [0.29, 0.717) is 11.7 Å². The summed E-state index contributed by atoms with van der Waals surface area (Å²) in [5.41, 5.74) is 0. The number of hydrogen-bond donors (Lipinski definition) is 0. The first-order chi connectivity index (χ1) is 6.93. The zero-order valence-electron chi connectivity index (χ0n) is 9.36. The summed E-state index contributed by atoms with van der Waals surface area (Å²) in [5.74, 6) is 4.29. The molecule has 1 aliphatic heterocycles. The number of hydrogen-bond acceptors (Lipinski definition) is 3. The zero-order valence-corrected chi connectivity index (χ0v) is 11.0. The van der Waals surface area contributed by atoms with Crippen LogP contribution in [0.1, 0.15) is 20.3 Å². The Morgan fingerprint density at radius 2 is 2.20 bits per heavy atom. The van der Waals surface area contributed by atoms with E-state index in [1.807, 2.05) is 0 Å². The second-order valence-corrected chi connectivity index (χ2v) is 7.09. The van der Waals surface area contributed by atoms with Gasteiger partial charge in [-0.15, -0.1) is 0 Å². The minimum Gasteiger partial charge on any atom is -0.273 e. The molecule has 1 aliphatic rings. The molecular formula is C10H17NO2S2. The molecule has 5 heteroatoms. The molecule has 0 bridgehead atoms. The lowest BCUT2D eigenvalue weighted by Crippen LogP contribution is -2.25. The molecule has 15 heavy (non-hydrogen) atoms. The molecule has 1 fully saturated rings. The van der Waals surface area contributed by atoms with Crippen molar-refractivity contribution < 1.29 is 9.59 Å². The number of carbonyl (C=O) groups excluding carboxylic acids is 2. The second-order valence-electron chi connectivity index (χ2n) is 3.91. The third-order valence-corrected chi connectivity index (χ3v) is 4.41. The number of thioether (sulfide) groups is 1. The van der Waals surface area contributed by atoms with E-state index in [0.717, 1.165) is 5.75 Å². The lowest BCUT2D eigenvalue weighted by atomic mass is 10.1. The van der Waals surface area contributed by atoms with Crippen molar-refractivity contribution in [2.45, 2.75) is 25.5 Å². The van der Waals surface area contributed by atoms with Crippen LogP contribution in [0.4, 0.5) is 0 Å². The van der Waals surface area contributed by atoms with Gasteiger partial charge < -0.3 is 0 Å². The predicted octanol–water partition coefficient (Wildman–Crippen LogP) is 1.75. The van der Waals surface area contributed by atoms with Crippen LogP contribution >= 0.6 is 22.4 Å². The summed E-state index contributed by atoms with van der Waals surface area (Å²) in [7, 11) is -0.511. The van der Waals surface area contributed by atoms with Gasteiger partial charge in [-0.2, -0.15) is 11.8 Å². The van der Waals surface area contributed by atoms with Crippen molar-refractivity contribution >= 4 is 40.1 Å². The minimum atomic E-state index is -0.511. The lowest BCUT2D eigenvalue weighted by molar-refractivity contribution is -0.132. The molecule has 86 valence electrons. The molecule has 0 radical (unpaired) electrons. The fourth-order valence-electron chi connectivity index (χ4n) is 1.44. The third-order valence-electron chi connectivity index (χ3n) is 2.14. The van der Waals surface area contributed by atoms with Gasteiger partial charge >= 0.3 is 0 Å². The second kappa shape index (κ2) is 5.16. The van der Waals surface area contributed by atoms with Gasteiger partial charge in [0.25, 0.3) is 0 Å². The Balaban J connectivity index is 2.61. The maximum atomic E-state index is 11.8. The van der Waals surface area contributed by atoms with E-state index in [9.17, 15) is 9.59 Å². The van der Waals surface area contributed by atoms with Crippen molar-refractivity contribution in [2.75, 3.05) is 12.0 Å². The lowest BCUT2D eigenvalue weighted by Gasteiger charge is -2.15. The fourth-order valence-corrected chi connectivity index (χ4v) is 3.19. The first-order valence-corrected chi connectivity index (χ1v) is 7.68. The average Bonchev–Trinajstić information content (AvgIpc) is 2.37. The largest absolute Gasteiger partial charge is 0.273 e. The molecule has 1 heterocycles. The van der Waals surface area contributed by atoms with Crippen molar-refractivity contribution in [2.24, 2.45) is 5.92 Å². The van der Waals surface area contributed by atoms with Gasteiger partial charge in [-0.1, -0.05) is 30.4 Å². The van der Waals surface area contributed by atoms with Crippen LogP contribution in [0.3, 0.4) is 0 Å². The highest BCUT2D eigenvalue weighted by atomic mass is 32.2. The summed E-state index contributed by atoms with van der Waals surface area (Å²) in [5, 5.41) is 0.501. The smallest absolute Gasteiger partial charge is 0.243 e. The normalized spacial score (nSPS) is 24.0. The molecule has 3 nitrogen and oxygen atoms in total. The van der Waals surface area contributed by atoms with Crippen LogP contribution in [0.2, 0.25) is 0 Å². The van der Waals surface area contributed by atoms with Gasteiger partial charge in [0.2, 0.25) is 11.8 Å². The molecule has 2 atom stereocenters. The number of nitrogens with zero attached hydrogens (tertiary/aromatic N) is 1. The van der Waals surface area contributed by atoms with Gasteiger partial charge in [0.05, 0.1) is 5.92 Å². The number of carbonyl (C=O) groups is 2. The molecule has 1 saturated heterocycles. The highest BCUT2D eigenvalue weighted by molar-refractivity contribution is 8.12. The molecule has 1 rings (SSSR count). The molecule has 0 aromatic rings. The zero-order chi connectivity index (χ0) is 11.6. The van der Waals surface area contributed by atoms with E-state index in [2.05, 4.69) is 19.7 Å². The summed E-state index contributed by atoms with van der Waals surface area (Å²) in [6, 6.07) is 0. The molecular weight excluding hydrogens is 230 g/mol. The van der Waals surface area contributed by atoms with Gasteiger partial charge in [-0.05, 0) is 11.5 Å². The third kappa shape index (κ3) is 3.08. The first kappa shape index (κ1) is 12.8. The Kier molecular flexibility index (Phi) is 4.40. The van der Waals surface area contributed by atoms with E-state index >= 15 is 0 Å². The Hall–Kier alpha value is -0.290. The van der Waals surface area contributed by atoms with Gasteiger partial charge in [-0.3, -0.25) is 9.59 Å². The number of amides is 2. The van der Waals surface area contributed by atoms with Crippen molar-refractivity contribution in [1.29, 1.82) is 0 Å². The molecule has 0 aromatic heterocycles. The molecule has 0 spiro atoms. The average molecular weight is 247 g/mol. The van der Waals surface area contributed by atoms with Crippen LogP contribution < -0.4 is 0 Å². The van der Waals surface area contributed by atoms with Crippen LogP contribution in [0, 0.1) is 5.92 Å². The van der Waals surface area contributed by atoms with E-state index in [1.54, 1.807) is 18.0 Å². The molecule has 0 saturated carbocycles. The summed E-state index contributed by atoms with van der Waals surface area (Å²) < 4.78 is 1.32. The quantitative estimate of drug-likeness (QED) is 0.561. The Labute approximate surface area is 97.7 Å². The predicted molar refractivity (Wildman–Crippen MR) is 68.2 cm³/mol. The van der Waals surface area contributed by atoms with E-state index in [4.69, 9.17) is 0 Å². The van der Waals surface area contributed by atoms with E-state index in [1.165, 1.54) is 4.31 Å². The Bertz CT molecular complexity index is 302. The fraction of sp³-hybridized carbons (Fsp3) is 0.700. The minimum absolute atomic E-state index is 0.0333. The molecule has 2 amide bonds. The van der Waals surface area contributed by atoms with Crippen LogP contribution in [0.15, 0.2) is 0 Å². The molecule has 2 unspecified atom stereocenters. The summed E-state index contributed by atoms with van der Waals surface area (Å²) in [6.07, 6.45) is 2.17. The van der Waals surface area contributed by atoms with E-state index in [-0.39, 0.29) is 17.7 Å². The van der Waals surface area contributed by atoms with Crippen molar-refractivity contribution in [3.63, 3.8) is 0 Å². The summed E-state index contributed by atoms with van der Waals surface area (Å²) in [6.45, 7) is 4.19. The number of rotatable bonds is 4. The first-order valence-electron chi connectivity index (χ1n) is 4.87. The molecule has 0 N–H and O–H groups in total. The monoisotopic (exact) mass is 247 g/mol. The van der Waals surface area contributed by atoms with Gasteiger partial charge in [0.15, 0.2) is 0 Å². The van der Waals surface area contributed by atoms with Crippen LogP contribution in [0.5, 0.6) is 0 Å². The van der Waals surface area contributed by atoms with Crippen LogP contribution in [0.25, 0.3) is 0 Å². The summed E-state index contributed by atoms with van der Waals surface area (Å²) >= 11 is 1.73. The van der Waals surface area contributed by atoms with Crippen LogP contribution in [-0.2, 0) is 9.59 Å². The topological polar surface area (TPSA) is 37.4 Å². The Morgan fingerprint density at radius 1 is 1.60 bits per heavy atom. The van der Waals surface area contributed by atoms with Crippen molar-refractivity contribution in [1.82, 2.24) is 4.31 Å². The highest BCUT2D eigenvalue weighted by Gasteiger charge is 2.38. The van der Waals surface area contributed by atoms with Crippen LogP contribution in [-0.4, -0.2) is 39.2 Å². The van der Waals surface area contributed by atoms with Gasteiger partial charge in [0, 0.05) is 12.2 Å². The molecule has 0 aromatic carbocycles. The maximum Gasteiger partial charge on any atom is 0.243 e. The number of imide groups is 1. The maximum absolute atomic E-state index is 11.8. The highest BCUT2D eigenvalue weighted by Crippen LogP contribution is 2.30. The van der Waals surface area contributed by atoms with Gasteiger partial charge in [-0.25, -0.2) is 4.31 Å². The van der Waals surface area contributed by atoms with Crippen molar-refractivity contribution in [3.8, 4) is 0 Å². The SMILES string of the molecule is C=S(C)N1C(=O)CC(CSC(C)C)C1=O. The van der Waals surface area contributed by atoms with Gasteiger partial charge in [0.1, 0.15) is 0 Å². The van der Waals surface area contributed by atoms with E-state index < -0.39 is 10.7 Å². The Morgan fingerprint density at radius 3 is 2.60 bits per heavy atom.